The van der Waals surface area contributed by atoms with Crippen molar-refractivity contribution in [3.05, 3.63) is 29.1 Å². The Kier molecular flexibility index (Phi) is 4.17. The van der Waals surface area contributed by atoms with Crippen molar-refractivity contribution in [2.24, 2.45) is 5.41 Å². The molecular formula is C13H15BrN4O2. The molecule has 0 bridgehead atoms. The molecule has 6 nitrogen and oxygen atoms in total. The van der Waals surface area contributed by atoms with Gasteiger partial charge in [0, 0.05) is 22.4 Å². The van der Waals surface area contributed by atoms with E-state index in [1.807, 2.05) is 6.07 Å². The van der Waals surface area contributed by atoms with Gasteiger partial charge in [0.2, 0.25) is 0 Å². The van der Waals surface area contributed by atoms with Crippen LogP contribution in [0.5, 0.6) is 0 Å². The van der Waals surface area contributed by atoms with Crippen LogP contribution in [0.25, 0.3) is 11.3 Å². The number of rotatable bonds is 3. The molecule has 0 aliphatic carbocycles. The van der Waals surface area contributed by atoms with Crippen molar-refractivity contribution in [2.45, 2.75) is 27.5 Å². The third-order valence-corrected chi connectivity index (χ3v) is 2.91. The van der Waals surface area contributed by atoms with Gasteiger partial charge in [-0.2, -0.15) is 0 Å². The molecule has 0 spiro atoms. The third kappa shape index (κ3) is 3.63. The van der Waals surface area contributed by atoms with Crippen LogP contribution in [-0.2, 0) is 16.3 Å². The highest BCUT2D eigenvalue weighted by Gasteiger charge is 2.23. The highest BCUT2D eigenvalue weighted by molar-refractivity contribution is 9.10. The van der Waals surface area contributed by atoms with Crippen molar-refractivity contribution in [3.8, 4) is 11.3 Å². The lowest BCUT2D eigenvalue weighted by molar-refractivity contribution is -0.157. The van der Waals surface area contributed by atoms with Gasteiger partial charge < -0.3 is 4.74 Å². The Bertz CT molecular complexity index is 619. The Hall–Kier alpha value is -1.76. The molecule has 0 unspecified atom stereocenters. The molecule has 0 aliphatic heterocycles. The van der Waals surface area contributed by atoms with Crippen LogP contribution in [0, 0.1) is 5.41 Å². The Balaban J connectivity index is 2.05. The number of ether oxygens (including phenoxy) is 1. The van der Waals surface area contributed by atoms with Crippen molar-refractivity contribution < 1.29 is 9.53 Å². The lowest BCUT2D eigenvalue weighted by Crippen LogP contribution is -2.24. The number of pyridine rings is 1. The highest BCUT2D eigenvalue weighted by Crippen LogP contribution is 2.19. The van der Waals surface area contributed by atoms with E-state index in [-0.39, 0.29) is 12.7 Å². The fraction of sp³-hybridized carbons (Fsp3) is 0.385. The molecule has 0 fully saturated rings. The van der Waals surface area contributed by atoms with Crippen LogP contribution >= 0.6 is 15.9 Å². The molecule has 0 amide bonds. The Morgan fingerprint density at radius 1 is 1.40 bits per heavy atom. The van der Waals surface area contributed by atoms with Gasteiger partial charge in [0.15, 0.2) is 6.73 Å². The maximum atomic E-state index is 11.7. The van der Waals surface area contributed by atoms with E-state index in [0.29, 0.717) is 5.69 Å². The molecular weight excluding hydrogens is 324 g/mol. The zero-order chi connectivity index (χ0) is 14.8. The van der Waals surface area contributed by atoms with Crippen LogP contribution < -0.4 is 0 Å². The lowest BCUT2D eigenvalue weighted by Gasteiger charge is -2.15. The zero-order valence-corrected chi connectivity index (χ0v) is 13.1. The van der Waals surface area contributed by atoms with E-state index in [9.17, 15) is 4.79 Å². The summed E-state index contributed by atoms with van der Waals surface area (Å²) in [4.78, 5) is 15.7. The fourth-order valence-electron chi connectivity index (χ4n) is 1.39. The Morgan fingerprint density at radius 2 is 2.15 bits per heavy atom. The SMILES string of the molecule is CC(C)(C)C(=O)OCn1cc(-c2cncc(Br)c2)nn1. The number of hydrogen-bond acceptors (Lipinski definition) is 5. The van der Waals surface area contributed by atoms with Crippen LogP contribution in [0.1, 0.15) is 20.8 Å². The molecule has 0 radical (unpaired) electrons. The molecule has 0 saturated carbocycles. The van der Waals surface area contributed by atoms with E-state index in [0.717, 1.165) is 10.0 Å². The van der Waals surface area contributed by atoms with Gasteiger partial charge in [-0.1, -0.05) is 5.21 Å². The number of carbonyl (C=O) groups excluding carboxylic acids is 1. The van der Waals surface area contributed by atoms with E-state index in [1.54, 1.807) is 39.4 Å². The molecule has 2 aromatic heterocycles. The molecule has 2 heterocycles. The first-order valence-corrected chi connectivity index (χ1v) is 6.84. The summed E-state index contributed by atoms with van der Waals surface area (Å²) in [5.74, 6) is -0.279. The Labute approximate surface area is 125 Å². The maximum absolute atomic E-state index is 11.7. The molecule has 20 heavy (non-hydrogen) atoms. The molecule has 0 aliphatic rings. The molecule has 2 aromatic rings. The fourth-order valence-corrected chi connectivity index (χ4v) is 1.75. The maximum Gasteiger partial charge on any atom is 0.313 e. The second kappa shape index (κ2) is 5.70. The van der Waals surface area contributed by atoms with Gasteiger partial charge >= 0.3 is 5.97 Å². The van der Waals surface area contributed by atoms with Gasteiger partial charge in [0.1, 0.15) is 5.69 Å². The van der Waals surface area contributed by atoms with Gasteiger partial charge in [0.05, 0.1) is 11.6 Å². The highest BCUT2D eigenvalue weighted by atomic mass is 79.9. The van der Waals surface area contributed by atoms with E-state index >= 15 is 0 Å². The number of carbonyl (C=O) groups is 1. The largest absolute Gasteiger partial charge is 0.442 e. The molecule has 106 valence electrons. The smallest absolute Gasteiger partial charge is 0.313 e. The summed E-state index contributed by atoms with van der Waals surface area (Å²) in [7, 11) is 0. The van der Waals surface area contributed by atoms with E-state index in [2.05, 4.69) is 31.2 Å². The van der Waals surface area contributed by atoms with E-state index in [4.69, 9.17) is 4.74 Å². The van der Waals surface area contributed by atoms with Crippen molar-refractivity contribution in [3.63, 3.8) is 0 Å². The van der Waals surface area contributed by atoms with Gasteiger partial charge in [0.25, 0.3) is 0 Å². The third-order valence-electron chi connectivity index (χ3n) is 2.48. The van der Waals surface area contributed by atoms with Gasteiger partial charge in [-0.3, -0.25) is 9.78 Å². The minimum absolute atomic E-state index is 0.0462. The monoisotopic (exact) mass is 338 g/mol. The van der Waals surface area contributed by atoms with E-state index < -0.39 is 5.41 Å². The second-order valence-corrected chi connectivity index (χ2v) is 6.26. The molecule has 7 heteroatoms. The summed E-state index contributed by atoms with van der Waals surface area (Å²) < 4.78 is 7.50. The zero-order valence-electron chi connectivity index (χ0n) is 11.5. The summed E-state index contributed by atoms with van der Waals surface area (Å²) in [6.07, 6.45) is 5.10. The average Bonchev–Trinajstić information content (AvgIpc) is 2.83. The summed E-state index contributed by atoms with van der Waals surface area (Å²) in [6.45, 7) is 5.45. The number of esters is 1. The van der Waals surface area contributed by atoms with Gasteiger partial charge in [-0.15, -0.1) is 5.10 Å². The van der Waals surface area contributed by atoms with Crippen LogP contribution in [0.15, 0.2) is 29.1 Å². The van der Waals surface area contributed by atoms with Gasteiger partial charge in [-0.25, -0.2) is 4.68 Å². The lowest BCUT2D eigenvalue weighted by atomic mass is 9.98. The molecule has 0 N–H and O–H groups in total. The predicted octanol–water partition coefficient (Wildman–Crippen LogP) is 2.65. The quantitative estimate of drug-likeness (QED) is 0.804. The summed E-state index contributed by atoms with van der Waals surface area (Å²) in [6, 6.07) is 1.89. The van der Waals surface area contributed by atoms with Crippen LogP contribution in [0.4, 0.5) is 0 Å². The summed E-state index contributed by atoms with van der Waals surface area (Å²) in [5, 5.41) is 7.95. The normalized spacial score (nSPS) is 11.4. The van der Waals surface area contributed by atoms with Crippen molar-refractivity contribution in [1.29, 1.82) is 0 Å². The average molecular weight is 339 g/mol. The molecule has 0 atom stereocenters. The van der Waals surface area contributed by atoms with Crippen LogP contribution in [0.3, 0.4) is 0 Å². The minimum atomic E-state index is -0.530. The van der Waals surface area contributed by atoms with Crippen molar-refractivity contribution in [2.75, 3.05) is 0 Å². The van der Waals surface area contributed by atoms with Crippen LogP contribution in [0.2, 0.25) is 0 Å². The molecule has 0 saturated heterocycles. The first-order chi connectivity index (χ1) is 9.36. The minimum Gasteiger partial charge on any atom is -0.442 e. The number of hydrogen-bond donors (Lipinski definition) is 0. The standard InChI is InChI=1S/C13H15BrN4O2/c1-13(2,3)12(19)20-8-18-7-11(16-17-18)9-4-10(14)6-15-5-9/h4-7H,8H2,1-3H3. The first kappa shape index (κ1) is 14.6. The molecule has 0 aromatic carbocycles. The Morgan fingerprint density at radius 3 is 2.80 bits per heavy atom. The van der Waals surface area contributed by atoms with Gasteiger partial charge in [-0.05, 0) is 42.8 Å². The topological polar surface area (TPSA) is 69.9 Å². The van der Waals surface area contributed by atoms with E-state index in [1.165, 1.54) is 4.68 Å². The number of aromatic nitrogens is 4. The second-order valence-electron chi connectivity index (χ2n) is 5.35. The summed E-state index contributed by atoms with van der Waals surface area (Å²) in [5.41, 5.74) is 0.982. The van der Waals surface area contributed by atoms with Crippen molar-refractivity contribution >= 4 is 21.9 Å². The van der Waals surface area contributed by atoms with Crippen LogP contribution in [-0.4, -0.2) is 25.9 Å². The number of halogens is 1. The predicted molar refractivity (Wildman–Crippen MR) is 76.5 cm³/mol. The molecule has 2 rings (SSSR count). The number of nitrogens with zero attached hydrogens (tertiary/aromatic N) is 4. The van der Waals surface area contributed by atoms with Crippen molar-refractivity contribution in [1.82, 2.24) is 20.0 Å². The first-order valence-electron chi connectivity index (χ1n) is 6.04. The summed E-state index contributed by atoms with van der Waals surface area (Å²) >= 11 is 3.35.